The Morgan fingerprint density at radius 1 is 1.12 bits per heavy atom. The number of alkyl halides is 3. The van der Waals surface area contributed by atoms with Crippen molar-refractivity contribution in [1.82, 2.24) is 15.1 Å². The number of nitriles is 1. The van der Waals surface area contributed by atoms with Gasteiger partial charge in [0.25, 0.3) is 0 Å². The summed E-state index contributed by atoms with van der Waals surface area (Å²) in [7, 11) is 0. The van der Waals surface area contributed by atoms with Gasteiger partial charge in [-0.3, -0.25) is 4.79 Å². The molecule has 1 aliphatic heterocycles. The highest BCUT2D eigenvalue weighted by Gasteiger charge is 2.35. The number of halogens is 3. The van der Waals surface area contributed by atoms with Crippen LogP contribution in [0.1, 0.15) is 5.56 Å². The fraction of sp³-hybridized carbons (Fsp3) is 0.217. The van der Waals surface area contributed by atoms with E-state index in [-0.39, 0.29) is 18.5 Å². The Labute approximate surface area is 182 Å². The van der Waals surface area contributed by atoms with E-state index in [2.05, 4.69) is 28.2 Å². The number of rotatable bonds is 4. The zero-order valence-electron chi connectivity index (χ0n) is 16.8. The molecule has 0 saturated carbocycles. The van der Waals surface area contributed by atoms with Gasteiger partial charge in [-0.15, -0.1) is 10.2 Å². The molecule has 4 rings (SSSR count). The van der Waals surface area contributed by atoms with Gasteiger partial charge in [-0.05, 0) is 18.2 Å². The highest BCUT2D eigenvalue weighted by Crippen LogP contribution is 2.34. The van der Waals surface area contributed by atoms with Gasteiger partial charge in [0.2, 0.25) is 5.91 Å². The lowest BCUT2D eigenvalue weighted by Crippen LogP contribution is -2.31. The number of carbonyl (C=O) groups excluding carboxylic acids is 1. The van der Waals surface area contributed by atoms with E-state index in [9.17, 15) is 23.2 Å². The standard InChI is InChI=1S/C23H18F3N5O/c1-2-20(32)31-12-15(11-27)19(13-31)28-22-18-6-4-3-5-17(18)21(29-30-22)14-7-9-16(10-8-14)23(24,25)26/h2-10,15,19H,1,12-13H2,(H,28,30)/t15-,19-/m0/s1. The van der Waals surface area contributed by atoms with Crippen LogP contribution in [0.25, 0.3) is 22.0 Å². The van der Waals surface area contributed by atoms with E-state index in [1.807, 2.05) is 18.2 Å². The van der Waals surface area contributed by atoms with Crippen LogP contribution >= 0.6 is 0 Å². The molecule has 32 heavy (non-hydrogen) atoms. The lowest BCUT2D eigenvalue weighted by molar-refractivity contribution is -0.137. The highest BCUT2D eigenvalue weighted by atomic mass is 19.4. The minimum Gasteiger partial charge on any atom is -0.362 e. The Morgan fingerprint density at radius 2 is 1.81 bits per heavy atom. The summed E-state index contributed by atoms with van der Waals surface area (Å²) in [5.41, 5.74) is 0.220. The van der Waals surface area contributed by atoms with E-state index in [4.69, 9.17) is 0 Å². The maximum atomic E-state index is 12.9. The van der Waals surface area contributed by atoms with Crippen LogP contribution < -0.4 is 5.32 Å². The fourth-order valence-electron chi connectivity index (χ4n) is 3.81. The SMILES string of the molecule is C=CC(=O)N1C[C@H](Nc2nnc(-c3ccc(C(F)(F)F)cc3)c3ccccc23)[C@@H](C#N)C1. The molecule has 1 aromatic heterocycles. The third-order valence-electron chi connectivity index (χ3n) is 5.47. The summed E-state index contributed by atoms with van der Waals surface area (Å²) in [6.07, 6.45) is -3.20. The summed E-state index contributed by atoms with van der Waals surface area (Å²) in [5.74, 6) is -0.244. The predicted octanol–water partition coefficient (Wildman–Crippen LogP) is 4.26. The first-order valence-corrected chi connectivity index (χ1v) is 9.82. The molecule has 1 aliphatic rings. The molecule has 0 radical (unpaired) electrons. The molecule has 0 spiro atoms. The number of nitrogens with one attached hydrogen (secondary N) is 1. The molecule has 1 fully saturated rings. The summed E-state index contributed by atoms with van der Waals surface area (Å²) in [6.45, 7) is 4.09. The minimum atomic E-state index is -4.42. The normalized spacial score (nSPS) is 18.4. The molecular weight excluding hydrogens is 419 g/mol. The monoisotopic (exact) mass is 437 g/mol. The van der Waals surface area contributed by atoms with Gasteiger partial charge in [0, 0.05) is 29.4 Å². The van der Waals surface area contributed by atoms with Crippen molar-refractivity contribution in [3.05, 3.63) is 66.7 Å². The number of amides is 1. The zero-order chi connectivity index (χ0) is 22.9. The van der Waals surface area contributed by atoms with Crippen LogP contribution in [0.3, 0.4) is 0 Å². The molecule has 1 saturated heterocycles. The predicted molar refractivity (Wildman–Crippen MR) is 113 cm³/mol. The number of hydrogen-bond donors (Lipinski definition) is 1. The summed E-state index contributed by atoms with van der Waals surface area (Å²) in [5, 5.41) is 22.7. The second-order valence-corrected chi connectivity index (χ2v) is 7.45. The first kappa shape index (κ1) is 21.3. The van der Waals surface area contributed by atoms with Gasteiger partial charge in [0.1, 0.15) is 5.69 Å². The summed E-state index contributed by atoms with van der Waals surface area (Å²) >= 11 is 0. The second kappa shape index (κ2) is 8.30. The van der Waals surface area contributed by atoms with E-state index >= 15 is 0 Å². The molecule has 6 nitrogen and oxygen atoms in total. The van der Waals surface area contributed by atoms with Gasteiger partial charge < -0.3 is 10.2 Å². The first-order chi connectivity index (χ1) is 15.3. The maximum Gasteiger partial charge on any atom is 0.416 e. The number of anilines is 1. The van der Waals surface area contributed by atoms with Gasteiger partial charge in [-0.1, -0.05) is 43.0 Å². The molecule has 2 aromatic carbocycles. The lowest BCUT2D eigenvalue weighted by atomic mass is 10.0. The molecule has 0 aliphatic carbocycles. The number of carbonyl (C=O) groups is 1. The Kier molecular flexibility index (Phi) is 5.53. The molecule has 1 N–H and O–H groups in total. The molecule has 162 valence electrons. The van der Waals surface area contributed by atoms with Gasteiger partial charge in [0.05, 0.1) is 23.6 Å². The van der Waals surface area contributed by atoms with Crippen molar-refractivity contribution in [2.45, 2.75) is 12.2 Å². The van der Waals surface area contributed by atoms with Crippen LogP contribution in [0.4, 0.5) is 19.0 Å². The van der Waals surface area contributed by atoms with Crippen molar-refractivity contribution in [3.63, 3.8) is 0 Å². The van der Waals surface area contributed by atoms with Gasteiger partial charge in [0.15, 0.2) is 5.82 Å². The average molecular weight is 437 g/mol. The Morgan fingerprint density at radius 3 is 2.44 bits per heavy atom. The zero-order valence-corrected chi connectivity index (χ0v) is 16.8. The maximum absolute atomic E-state index is 12.9. The van der Waals surface area contributed by atoms with Crippen LogP contribution in [-0.2, 0) is 11.0 Å². The Balaban J connectivity index is 1.68. The number of fused-ring (bicyclic) bond motifs is 1. The third-order valence-corrected chi connectivity index (χ3v) is 5.47. The van der Waals surface area contributed by atoms with Crippen LogP contribution in [0.15, 0.2) is 61.2 Å². The Bertz CT molecular complexity index is 1220. The van der Waals surface area contributed by atoms with Gasteiger partial charge in [-0.2, -0.15) is 18.4 Å². The lowest BCUT2D eigenvalue weighted by Gasteiger charge is -2.18. The van der Waals surface area contributed by atoms with Crippen molar-refractivity contribution in [3.8, 4) is 17.3 Å². The number of likely N-dealkylation sites (tertiary alicyclic amines) is 1. The number of hydrogen-bond acceptors (Lipinski definition) is 5. The number of aromatic nitrogens is 2. The van der Waals surface area contributed by atoms with Crippen LogP contribution in [-0.4, -0.2) is 40.1 Å². The van der Waals surface area contributed by atoms with Crippen molar-refractivity contribution < 1.29 is 18.0 Å². The van der Waals surface area contributed by atoms with Crippen LogP contribution in [0.5, 0.6) is 0 Å². The third kappa shape index (κ3) is 3.99. The Hall–Kier alpha value is -3.93. The molecule has 2 heterocycles. The number of nitrogens with zero attached hydrogens (tertiary/aromatic N) is 4. The molecular formula is C23H18F3N5O. The van der Waals surface area contributed by atoms with Crippen molar-refractivity contribution in [2.75, 3.05) is 18.4 Å². The fourth-order valence-corrected chi connectivity index (χ4v) is 3.81. The molecule has 2 atom stereocenters. The smallest absolute Gasteiger partial charge is 0.362 e. The van der Waals surface area contributed by atoms with Crippen molar-refractivity contribution >= 4 is 22.5 Å². The molecule has 1 amide bonds. The van der Waals surface area contributed by atoms with Gasteiger partial charge >= 0.3 is 6.18 Å². The van der Waals surface area contributed by atoms with E-state index in [1.165, 1.54) is 18.2 Å². The summed E-state index contributed by atoms with van der Waals surface area (Å²) in [4.78, 5) is 13.5. The summed E-state index contributed by atoms with van der Waals surface area (Å²) in [6, 6.07) is 13.9. The molecule has 0 bridgehead atoms. The largest absolute Gasteiger partial charge is 0.416 e. The molecule has 9 heteroatoms. The van der Waals surface area contributed by atoms with Crippen molar-refractivity contribution in [1.29, 1.82) is 5.26 Å². The van der Waals surface area contributed by atoms with E-state index < -0.39 is 17.7 Å². The quantitative estimate of drug-likeness (QED) is 0.617. The van der Waals surface area contributed by atoms with E-state index in [0.717, 1.165) is 12.1 Å². The van der Waals surface area contributed by atoms with E-state index in [0.29, 0.717) is 34.4 Å². The van der Waals surface area contributed by atoms with E-state index in [1.54, 1.807) is 11.0 Å². The first-order valence-electron chi connectivity index (χ1n) is 9.82. The van der Waals surface area contributed by atoms with Gasteiger partial charge in [-0.25, -0.2) is 0 Å². The minimum absolute atomic E-state index is 0.247. The average Bonchev–Trinajstić information content (AvgIpc) is 3.21. The second-order valence-electron chi connectivity index (χ2n) is 7.45. The van der Waals surface area contributed by atoms with Crippen LogP contribution in [0.2, 0.25) is 0 Å². The highest BCUT2D eigenvalue weighted by molar-refractivity contribution is 6.00. The van der Waals surface area contributed by atoms with Crippen LogP contribution in [0, 0.1) is 17.2 Å². The molecule has 3 aromatic rings. The topological polar surface area (TPSA) is 81.9 Å². The van der Waals surface area contributed by atoms with Crippen molar-refractivity contribution in [2.24, 2.45) is 5.92 Å². The summed E-state index contributed by atoms with van der Waals surface area (Å²) < 4.78 is 38.7. The number of benzene rings is 2. The molecule has 0 unspecified atom stereocenters.